The fourth-order valence-corrected chi connectivity index (χ4v) is 3.48. The standard InChI is InChI=1S/C18H20FN3O3/c1-8-9(2)22-16-12(17(20)23)7-13(19)15(14(8)16)10-4-3-5-11(6-10)25-18(21)24/h4,7,11,22H,3,5-6H2,1-2H3,(H2,20,23)(H2,21,24)/t11-/m0/s1. The Morgan fingerprint density at radius 2 is 2.04 bits per heavy atom. The van der Waals surface area contributed by atoms with E-state index in [2.05, 4.69) is 4.98 Å². The number of amides is 2. The minimum absolute atomic E-state index is 0.119. The van der Waals surface area contributed by atoms with Crippen LogP contribution in [0.1, 0.15) is 46.4 Å². The van der Waals surface area contributed by atoms with Gasteiger partial charge in [0.15, 0.2) is 0 Å². The van der Waals surface area contributed by atoms with Gasteiger partial charge < -0.3 is 21.2 Å². The Morgan fingerprint density at radius 1 is 1.32 bits per heavy atom. The monoisotopic (exact) mass is 345 g/mol. The first-order valence-corrected chi connectivity index (χ1v) is 8.06. The highest BCUT2D eigenvalue weighted by Gasteiger charge is 2.26. The Balaban J connectivity index is 2.18. The summed E-state index contributed by atoms with van der Waals surface area (Å²) in [7, 11) is 0. The average molecular weight is 345 g/mol. The van der Waals surface area contributed by atoms with Crippen LogP contribution in [0.3, 0.4) is 0 Å². The lowest BCUT2D eigenvalue weighted by atomic mass is 9.87. The van der Waals surface area contributed by atoms with E-state index in [0.29, 0.717) is 35.7 Å². The molecule has 1 aliphatic carbocycles. The molecule has 7 heteroatoms. The molecule has 0 fully saturated rings. The van der Waals surface area contributed by atoms with Crippen LogP contribution in [0.5, 0.6) is 0 Å². The van der Waals surface area contributed by atoms with Gasteiger partial charge in [-0.2, -0.15) is 0 Å². The van der Waals surface area contributed by atoms with Crippen molar-refractivity contribution in [1.29, 1.82) is 0 Å². The summed E-state index contributed by atoms with van der Waals surface area (Å²) in [4.78, 5) is 25.8. The number of allylic oxidation sites excluding steroid dienone is 1. The van der Waals surface area contributed by atoms with Crippen LogP contribution in [0.25, 0.3) is 16.5 Å². The third-order valence-electron chi connectivity index (χ3n) is 4.73. The molecule has 0 aliphatic heterocycles. The average Bonchev–Trinajstić information content (AvgIpc) is 2.82. The maximum atomic E-state index is 14.9. The molecule has 2 amide bonds. The molecule has 0 unspecified atom stereocenters. The van der Waals surface area contributed by atoms with Crippen LogP contribution in [-0.4, -0.2) is 23.1 Å². The molecule has 5 N–H and O–H groups in total. The van der Waals surface area contributed by atoms with Crippen molar-refractivity contribution in [3.8, 4) is 0 Å². The number of hydrogen-bond donors (Lipinski definition) is 3. The fourth-order valence-electron chi connectivity index (χ4n) is 3.48. The van der Waals surface area contributed by atoms with Gasteiger partial charge in [-0.3, -0.25) is 4.79 Å². The van der Waals surface area contributed by atoms with Gasteiger partial charge in [0.25, 0.3) is 5.91 Å². The summed E-state index contributed by atoms with van der Waals surface area (Å²) in [5, 5.41) is 0.636. The summed E-state index contributed by atoms with van der Waals surface area (Å²) in [6.45, 7) is 3.72. The molecule has 0 bridgehead atoms. The molecule has 0 saturated heterocycles. The van der Waals surface area contributed by atoms with Crippen molar-refractivity contribution in [3.63, 3.8) is 0 Å². The molecule has 6 nitrogen and oxygen atoms in total. The third-order valence-corrected chi connectivity index (χ3v) is 4.73. The maximum absolute atomic E-state index is 14.9. The van der Waals surface area contributed by atoms with E-state index in [0.717, 1.165) is 22.9 Å². The van der Waals surface area contributed by atoms with Gasteiger partial charge in [-0.15, -0.1) is 0 Å². The maximum Gasteiger partial charge on any atom is 0.404 e. The molecule has 3 rings (SSSR count). The molecular formula is C18H20FN3O3. The zero-order valence-electron chi connectivity index (χ0n) is 14.1. The van der Waals surface area contributed by atoms with Crippen LogP contribution in [-0.2, 0) is 4.74 Å². The van der Waals surface area contributed by atoms with E-state index in [4.69, 9.17) is 16.2 Å². The first-order valence-electron chi connectivity index (χ1n) is 8.06. The molecule has 1 atom stereocenters. The molecule has 0 radical (unpaired) electrons. The van der Waals surface area contributed by atoms with Gasteiger partial charge in [-0.05, 0) is 43.9 Å². The number of aromatic nitrogens is 1. The summed E-state index contributed by atoms with van der Waals surface area (Å²) in [6.07, 6.45) is 2.37. The van der Waals surface area contributed by atoms with E-state index in [1.54, 1.807) is 0 Å². The normalized spacial score (nSPS) is 17.4. The third kappa shape index (κ3) is 2.97. The number of halogens is 1. The molecule has 2 aromatic rings. The van der Waals surface area contributed by atoms with Crippen molar-refractivity contribution < 1.29 is 18.7 Å². The SMILES string of the molecule is Cc1[nH]c2c(C(N)=O)cc(F)c(C3=CCC[C@H](OC(N)=O)C3)c2c1C. The lowest BCUT2D eigenvalue weighted by Crippen LogP contribution is -2.24. The summed E-state index contributed by atoms with van der Waals surface area (Å²) in [6, 6.07) is 1.16. The van der Waals surface area contributed by atoms with Gasteiger partial charge in [0.1, 0.15) is 11.9 Å². The summed E-state index contributed by atoms with van der Waals surface area (Å²) in [5.74, 6) is -1.21. The molecule has 0 saturated carbocycles. The molecule has 132 valence electrons. The molecule has 0 spiro atoms. The highest BCUT2D eigenvalue weighted by atomic mass is 19.1. The van der Waals surface area contributed by atoms with Gasteiger partial charge in [-0.1, -0.05) is 6.08 Å². The number of ether oxygens (including phenoxy) is 1. The second-order valence-electron chi connectivity index (χ2n) is 6.34. The Labute approximate surface area is 144 Å². The highest BCUT2D eigenvalue weighted by molar-refractivity contribution is 6.09. The van der Waals surface area contributed by atoms with Gasteiger partial charge in [0.05, 0.1) is 11.1 Å². The highest BCUT2D eigenvalue weighted by Crippen LogP contribution is 2.38. The Kier molecular flexibility index (Phi) is 4.24. The summed E-state index contributed by atoms with van der Waals surface area (Å²) < 4.78 is 20.0. The summed E-state index contributed by atoms with van der Waals surface area (Å²) >= 11 is 0. The smallest absolute Gasteiger partial charge is 0.404 e. The van der Waals surface area contributed by atoms with Crippen molar-refractivity contribution in [2.75, 3.05) is 0 Å². The van der Waals surface area contributed by atoms with E-state index in [1.807, 2.05) is 19.9 Å². The van der Waals surface area contributed by atoms with Crippen LogP contribution in [0.4, 0.5) is 9.18 Å². The second kappa shape index (κ2) is 6.23. The van der Waals surface area contributed by atoms with Crippen molar-refractivity contribution >= 4 is 28.5 Å². The zero-order chi connectivity index (χ0) is 18.3. The van der Waals surface area contributed by atoms with Gasteiger partial charge in [-0.25, -0.2) is 9.18 Å². The lowest BCUT2D eigenvalue weighted by Gasteiger charge is -2.23. The topological polar surface area (TPSA) is 111 Å². The lowest BCUT2D eigenvalue weighted by molar-refractivity contribution is 0.0997. The van der Waals surface area contributed by atoms with Crippen LogP contribution < -0.4 is 11.5 Å². The number of hydrogen-bond acceptors (Lipinski definition) is 3. The molecule has 1 aromatic carbocycles. The quantitative estimate of drug-likeness (QED) is 0.795. The van der Waals surface area contributed by atoms with Crippen molar-refractivity contribution in [2.24, 2.45) is 11.5 Å². The number of H-pyrrole nitrogens is 1. The first kappa shape index (κ1) is 17.0. The number of benzene rings is 1. The molecule has 1 aliphatic rings. The largest absolute Gasteiger partial charge is 0.446 e. The number of aryl methyl sites for hydroxylation is 2. The van der Waals surface area contributed by atoms with Crippen LogP contribution in [0.15, 0.2) is 12.1 Å². The van der Waals surface area contributed by atoms with Crippen LogP contribution in [0, 0.1) is 19.7 Å². The van der Waals surface area contributed by atoms with E-state index >= 15 is 0 Å². The minimum Gasteiger partial charge on any atom is -0.446 e. The van der Waals surface area contributed by atoms with E-state index in [9.17, 15) is 14.0 Å². The zero-order valence-corrected chi connectivity index (χ0v) is 14.1. The number of nitrogens with two attached hydrogens (primary N) is 2. The van der Waals surface area contributed by atoms with Crippen LogP contribution in [0.2, 0.25) is 0 Å². The second-order valence-corrected chi connectivity index (χ2v) is 6.34. The van der Waals surface area contributed by atoms with Crippen molar-refractivity contribution in [1.82, 2.24) is 4.98 Å². The fraction of sp³-hybridized carbons (Fsp3) is 0.333. The molecule has 1 heterocycles. The number of aromatic amines is 1. The number of carbonyl (C=O) groups is 2. The predicted octanol–water partition coefficient (Wildman–Crippen LogP) is 3.05. The van der Waals surface area contributed by atoms with E-state index in [-0.39, 0.29) is 11.7 Å². The molecule has 25 heavy (non-hydrogen) atoms. The van der Waals surface area contributed by atoms with Gasteiger partial charge >= 0.3 is 6.09 Å². The summed E-state index contributed by atoms with van der Waals surface area (Å²) in [5.41, 5.74) is 14.0. The predicted molar refractivity (Wildman–Crippen MR) is 92.5 cm³/mol. The number of carbonyl (C=O) groups excluding carboxylic acids is 2. The van der Waals surface area contributed by atoms with Crippen molar-refractivity contribution in [2.45, 2.75) is 39.2 Å². The Bertz CT molecular complexity index is 914. The number of rotatable bonds is 3. The molecular weight excluding hydrogens is 325 g/mol. The number of primary amides is 2. The van der Waals surface area contributed by atoms with Crippen LogP contribution >= 0.6 is 0 Å². The van der Waals surface area contributed by atoms with E-state index < -0.39 is 17.8 Å². The number of nitrogens with one attached hydrogen (secondary N) is 1. The first-order chi connectivity index (χ1) is 11.8. The number of fused-ring (bicyclic) bond motifs is 1. The molecule has 1 aromatic heterocycles. The Morgan fingerprint density at radius 3 is 2.68 bits per heavy atom. The van der Waals surface area contributed by atoms with Gasteiger partial charge in [0, 0.05) is 23.1 Å². The Hall–Kier alpha value is -2.83. The van der Waals surface area contributed by atoms with Gasteiger partial charge in [0.2, 0.25) is 0 Å². The van der Waals surface area contributed by atoms with Crippen molar-refractivity contribution in [3.05, 3.63) is 40.3 Å². The van der Waals surface area contributed by atoms with E-state index in [1.165, 1.54) is 0 Å². The minimum atomic E-state index is -0.838.